The van der Waals surface area contributed by atoms with Gasteiger partial charge in [0.25, 0.3) is 0 Å². The molecule has 4 aromatic rings. The highest BCUT2D eigenvalue weighted by molar-refractivity contribution is 9.11. The van der Waals surface area contributed by atoms with Gasteiger partial charge < -0.3 is 0 Å². The van der Waals surface area contributed by atoms with Crippen LogP contribution >= 0.6 is 54.5 Å². The van der Waals surface area contributed by atoms with E-state index in [2.05, 4.69) is 131 Å². The normalized spacial score (nSPS) is 11.7. The van der Waals surface area contributed by atoms with Crippen LogP contribution in [0.1, 0.15) is 32.0 Å². The molecule has 0 aliphatic heterocycles. The fourth-order valence-electron chi connectivity index (χ4n) is 3.27. The highest BCUT2D eigenvalue weighted by Gasteiger charge is 2.08. The largest absolute Gasteiger partial charge is 0.129 e. The molecule has 4 heteroatoms. The molecule has 30 heavy (non-hydrogen) atoms. The van der Waals surface area contributed by atoms with E-state index < -0.39 is 0 Å². The van der Waals surface area contributed by atoms with Gasteiger partial charge in [0.05, 0.1) is 7.57 Å². The van der Waals surface area contributed by atoms with Crippen LogP contribution in [0.25, 0.3) is 35.4 Å². The minimum atomic E-state index is 1.15. The van der Waals surface area contributed by atoms with Crippen molar-refractivity contribution in [3.63, 3.8) is 0 Å². The van der Waals surface area contributed by atoms with E-state index >= 15 is 0 Å². The molecule has 2 aromatic heterocycles. The Bertz CT molecular complexity index is 1240. The Hall–Kier alpha value is -1.72. The topological polar surface area (TPSA) is 0 Å². The van der Waals surface area contributed by atoms with Crippen LogP contribution in [-0.2, 0) is 0 Å². The molecule has 0 atom stereocenters. The van der Waals surface area contributed by atoms with E-state index in [0.717, 1.165) is 7.57 Å². The molecule has 0 radical (unpaired) electrons. The van der Waals surface area contributed by atoms with Gasteiger partial charge in [-0.2, -0.15) is 0 Å². The predicted molar refractivity (Wildman–Crippen MR) is 143 cm³/mol. The first-order valence-corrected chi connectivity index (χ1v) is 12.8. The molecule has 0 spiro atoms. The summed E-state index contributed by atoms with van der Waals surface area (Å²) in [6, 6.07) is 21.8. The van der Waals surface area contributed by atoms with Crippen LogP contribution in [0.3, 0.4) is 0 Å². The number of benzene rings is 2. The first-order valence-electron chi connectivity index (χ1n) is 9.56. The quantitative estimate of drug-likeness (QED) is 0.230. The van der Waals surface area contributed by atoms with Crippen molar-refractivity contribution >= 4 is 78.8 Å². The Morgan fingerprint density at radius 1 is 0.633 bits per heavy atom. The fraction of sp³-hybridized carbons (Fsp3) is 0.0769. The van der Waals surface area contributed by atoms with Crippen molar-refractivity contribution in [3.8, 4) is 11.1 Å². The van der Waals surface area contributed by atoms with Gasteiger partial charge in [-0.3, -0.25) is 0 Å². The van der Waals surface area contributed by atoms with E-state index in [1.807, 2.05) is 0 Å². The van der Waals surface area contributed by atoms with Gasteiger partial charge in [-0.25, -0.2) is 0 Å². The maximum atomic E-state index is 3.55. The third kappa shape index (κ3) is 5.30. The average Bonchev–Trinajstić information content (AvgIpc) is 3.34. The van der Waals surface area contributed by atoms with Gasteiger partial charge in [0.2, 0.25) is 0 Å². The molecule has 0 unspecified atom stereocenters. The lowest BCUT2D eigenvalue weighted by Gasteiger charge is -2.12. The van der Waals surface area contributed by atoms with Gasteiger partial charge in [0.1, 0.15) is 0 Å². The summed E-state index contributed by atoms with van der Waals surface area (Å²) in [4.78, 5) is 2.48. The number of aryl methyl sites for hydroxylation is 2. The predicted octanol–water partition coefficient (Wildman–Crippen LogP) is 9.96. The molecule has 0 N–H and O–H groups in total. The molecule has 2 heterocycles. The van der Waals surface area contributed by atoms with Crippen molar-refractivity contribution in [2.75, 3.05) is 0 Å². The molecule has 0 amide bonds. The van der Waals surface area contributed by atoms with Crippen LogP contribution in [0.5, 0.6) is 0 Å². The Kier molecular flexibility index (Phi) is 6.89. The average molecular weight is 556 g/mol. The van der Waals surface area contributed by atoms with Gasteiger partial charge in [-0.1, -0.05) is 48.0 Å². The number of hydrogen-bond donors (Lipinski definition) is 0. The Morgan fingerprint density at radius 3 is 1.93 bits per heavy atom. The van der Waals surface area contributed by atoms with Gasteiger partial charge in [0, 0.05) is 9.75 Å². The zero-order chi connectivity index (χ0) is 21.1. The third-order valence-corrected chi connectivity index (χ3v) is 7.99. The molecule has 150 valence electrons. The van der Waals surface area contributed by atoms with Gasteiger partial charge in [-0.05, 0) is 116 Å². The minimum absolute atomic E-state index is 1.15. The van der Waals surface area contributed by atoms with Crippen molar-refractivity contribution in [1.29, 1.82) is 0 Å². The highest BCUT2D eigenvalue weighted by atomic mass is 79.9. The second-order valence-corrected chi connectivity index (χ2v) is 12.1. The van der Waals surface area contributed by atoms with Crippen molar-refractivity contribution in [1.82, 2.24) is 0 Å². The summed E-state index contributed by atoms with van der Waals surface area (Å²) in [5, 5.41) is 0. The van der Waals surface area contributed by atoms with Crippen molar-refractivity contribution in [3.05, 3.63) is 100 Å². The van der Waals surface area contributed by atoms with E-state index in [0.29, 0.717) is 0 Å². The molecule has 0 saturated heterocycles. The first-order chi connectivity index (χ1) is 14.5. The fourth-order valence-corrected chi connectivity index (χ4v) is 5.92. The van der Waals surface area contributed by atoms with Crippen LogP contribution in [0.4, 0.5) is 0 Å². The summed E-state index contributed by atoms with van der Waals surface area (Å²) < 4.78 is 2.30. The lowest BCUT2D eigenvalue weighted by atomic mass is 9.92. The Labute approximate surface area is 202 Å². The summed E-state index contributed by atoms with van der Waals surface area (Å²) in [6.07, 6.45) is 8.78. The van der Waals surface area contributed by atoms with Crippen LogP contribution in [0.15, 0.2) is 68.2 Å². The second kappa shape index (κ2) is 9.61. The van der Waals surface area contributed by atoms with E-state index in [4.69, 9.17) is 0 Å². The minimum Gasteiger partial charge on any atom is -0.129 e. The zero-order valence-corrected chi connectivity index (χ0v) is 21.5. The molecule has 0 bridgehead atoms. The molecular weight excluding hydrogens is 536 g/mol. The maximum Gasteiger partial charge on any atom is 0.0704 e. The van der Waals surface area contributed by atoms with Gasteiger partial charge in [-0.15, -0.1) is 22.7 Å². The summed E-state index contributed by atoms with van der Waals surface area (Å²) in [6.45, 7) is 4.34. The summed E-state index contributed by atoms with van der Waals surface area (Å²) in [5.41, 5.74) is 7.54. The molecular formula is C26H20Br2S2. The number of rotatable bonds is 5. The molecule has 0 nitrogen and oxygen atoms in total. The van der Waals surface area contributed by atoms with E-state index in [-0.39, 0.29) is 0 Å². The molecule has 2 aromatic carbocycles. The first kappa shape index (κ1) is 21.5. The molecule has 0 fully saturated rings. The lowest BCUT2D eigenvalue weighted by Crippen LogP contribution is -1.89. The standard InChI is InChI=1S/C26H20Br2S2/c1-17-3-4-18(2)23(15-17)24-16-19(6-9-21-11-13-25(27)29-21)5-7-20(24)8-10-22-12-14-26(28)30-22/h3-16H,1-2H3. The molecule has 0 aliphatic carbocycles. The third-order valence-electron chi connectivity index (χ3n) is 4.82. The smallest absolute Gasteiger partial charge is 0.0704 e. The monoisotopic (exact) mass is 554 g/mol. The zero-order valence-electron chi connectivity index (χ0n) is 16.7. The van der Waals surface area contributed by atoms with E-state index in [1.54, 1.807) is 22.7 Å². The number of halogens is 2. The van der Waals surface area contributed by atoms with Crippen LogP contribution in [0, 0.1) is 13.8 Å². The molecule has 0 aliphatic rings. The van der Waals surface area contributed by atoms with Gasteiger partial charge in [0.15, 0.2) is 0 Å². The number of hydrogen-bond acceptors (Lipinski definition) is 2. The Balaban J connectivity index is 1.76. The molecule has 4 rings (SSSR count). The number of thiophene rings is 2. The van der Waals surface area contributed by atoms with Gasteiger partial charge >= 0.3 is 0 Å². The molecule has 0 saturated carbocycles. The lowest BCUT2D eigenvalue weighted by molar-refractivity contribution is 1.39. The summed E-state index contributed by atoms with van der Waals surface area (Å²) >= 11 is 10.6. The SMILES string of the molecule is Cc1ccc(C)c(-c2cc(C=Cc3ccc(Br)s3)ccc2C=Cc2ccc(Br)s2)c1. The van der Waals surface area contributed by atoms with Crippen molar-refractivity contribution < 1.29 is 0 Å². The summed E-state index contributed by atoms with van der Waals surface area (Å²) in [7, 11) is 0. The second-order valence-electron chi connectivity index (χ2n) is 7.12. The highest BCUT2D eigenvalue weighted by Crippen LogP contribution is 2.32. The van der Waals surface area contributed by atoms with Crippen LogP contribution in [0.2, 0.25) is 0 Å². The van der Waals surface area contributed by atoms with Crippen LogP contribution in [-0.4, -0.2) is 0 Å². The van der Waals surface area contributed by atoms with Crippen LogP contribution < -0.4 is 0 Å². The Morgan fingerprint density at radius 2 is 1.30 bits per heavy atom. The van der Waals surface area contributed by atoms with Crippen molar-refractivity contribution in [2.24, 2.45) is 0 Å². The maximum absolute atomic E-state index is 3.55. The van der Waals surface area contributed by atoms with E-state index in [9.17, 15) is 0 Å². The van der Waals surface area contributed by atoms with E-state index in [1.165, 1.54) is 43.1 Å². The summed E-state index contributed by atoms with van der Waals surface area (Å²) in [5.74, 6) is 0. The van der Waals surface area contributed by atoms with Crippen molar-refractivity contribution in [2.45, 2.75) is 13.8 Å².